The van der Waals surface area contributed by atoms with Crippen LogP contribution in [0.5, 0.6) is 5.75 Å². The Morgan fingerprint density at radius 2 is 2.07 bits per heavy atom. The number of allylic oxidation sites excluding steroid dienone is 2. The SMILES string of the molecule is NC(=O)OCCc1cc(C2=CCCCC2)n(S(=O)(=O)c2cccc(O)c2)c1. The molecule has 0 saturated heterocycles. The Balaban J connectivity index is 2.02. The summed E-state index contributed by atoms with van der Waals surface area (Å²) in [5.74, 6) is -0.114. The zero-order valence-corrected chi connectivity index (χ0v) is 15.6. The number of benzene rings is 1. The lowest BCUT2D eigenvalue weighted by atomic mass is 9.97. The number of aromatic hydroxyl groups is 1. The van der Waals surface area contributed by atoms with Crippen LogP contribution in [0.15, 0.2) is 47.5 Å². The molecule has 1 amide bonds. The summed E-state index contributed by atoms with van der Waals surface area (Å²) < 4.78 is 32.3. The van der Waals surface area contributed by atoms with E-state index in [2.05, 4.69) is 6.08 Å². The molecule has 0 bridgehead atoms. The van der Waals surface area contributed by atoms with Crippen molar-refractivity contribution in [1.82, 2.24) is 3.97 Å². The summed E-state index contributed by atoms with van der Waals surface area (Å²) in [6.07, 6.45) is 6.89. The molecule has 1 aliphatic carbocycles. The first-order chi connectivity index (χ1) is 12.9. The lowest BCUT2D eigenvalue weighted by molar-refractivity contribution is 0.158. The first-order valence-corrected chi connectivity index (χ1v) is 10.2. The molecule has 1 aromatic heterocycles. The molecule has 0 spiro atoms. The molecule has 3 rings (SSSR count). The van der Waals surface area contributed by atoms with Gasteiger partial charge in [-0.2, -0.15) is 0 Å². The third-order valence-corrected chi connectivity index (χ3v) is 6.14. The second kappa shape index (κ2) is 7.87. The molecular weight excluding hydrogens is 368 g/mol. The van der Waals surface area contributed by atoms with Crippen LogP contribution in [-0.4, -0.2) is 30.2 Å². The normalized spacial score (nSPS) is 14.6. The smallest absolute Gasteiger partial charge is 0.404 e. The van der Waals surface area contributed by atoms with E-state index in [1.165, 1.54) is 34.4 Å². The molecule has 7 nitrogen and oxygen atoms in total. The highest BCUT2D eigenvalue weighted by Gasteiger charge is 2.23. The molecule has 0 unspecified atom stereocenters. The van der Waals surface area contributed by atoms with E-state index in [0.29, 0.717) is 12.1 Å². The molecule has 0 radical (unpaired) electrons. The Kier molecular flexibility index (Phi) is 5.55. The molecule has 1 heterocycles. The Bertz CT molecular complexity index is 976. The fourth-order valence-electron chi connectivity index (χ4n) is 3.16. The minimum atomic E-state index is -3.88. The van der Waals surface area contributed by atoms with Crippen molar-refractivity contribution in [3.8, 4) is 5.75 Å². The molecule has 8 heteroatoms. The van der Waals surface area contributed by atoms with Crippen LogP contribution in [0.2, 0.25) is 0 Å². The lowest BCUT2D eigenvalue weighted by Crippen LogP contribution is -2.15. The average Bonchev–Trinajstić information content (AvgIpc) is 3.07. The van der Waals surface area contributed by atoms with Crippen LogP contribution in [-0.2, 0) is 21.2 Å². The molecule has 3 N–H and O–H groups in total. The summed E-state index contributed by atoms with van der Waals surface area (Å²) in [5.41, 5.74) is 7.28. The number of rotatable bonds is 6. The molecule has 2 aromatic rings. The number of amides is 1. The van der Waals surface area contributed by atoms with Gasteiger partial charge < -0.3 is 15.6 Å². The summed E-state index contributed by atoms with van der Waals surface area (Å²) in [6, 6.07) is 7.40. The number of carbonyl (C=O) groups is 1. The van der Waals surface area contributed by atoms with Crippen LogP contribution in [0.3, 0.4) is 0 Å². The van der Waals surface area contributed by atoms with Crippen molar-refractivity contribution >= 4 is 21.7 Å². The van der Waals surface area contributed by atoms with Gasteiger partial charge in [0.05, 0.1) is 17.2 Å². The number of nitrogens with two attached hydrogens (primary N) is 1. The molecule has 0 aliphatic heterocycles. The van der Waals surface area contributed by atoms with Gasteiger partial charge in [-0.05, 0) is 55.0 Å². The van der Waals surface area contributed by atoms with Crippen LogP contribution in [0, 0.1) is 0 Å². The van der Waals surface area contributed by atoms with Gasteiger partial charge in [0.1, 0.15) is 5.75 Å². The van der Waals surface area contributed by atoms with Gasteiger partial charge in [-0.15, -0.1) is 0 Å². The van der Waals surface area contributed by atoms with Crippen LogP contribution >= 0.6 is 0 Å². The van der Waals surface area contributed by atoms with Crippen molar-refractivity contribution in [2.24, 2.45) is 5.73 Å². The highest BCUT2D eigenvalue weighted by molar-refractivity contribution is 7.90. The number of nitrogens with zero attached hydrogens (tertiary/aromatic N) is 1. The quantitative estimate of drug-likeness (QED) is 0.787. The topological polar surface area (TPSA) is 112 Å². The fourth-order valence-corrected chi connectivity index (χ4v) is 4.61. The van der Waals surface area contributed by atoms with Crippen LogP contribution in [0.1, 0.15) is 36.9 Å². The summed E-state index contributed by atoms with van der Waals surface area (Å²) in [5, 5.41) is 9.67. The Morgan fingerprint density at radius 1 is 1.26 bits per heavy atom. The van der Waals surface area contributed by atoms with Gasteiger partial charge >= 0.3 is 6.09 Å². The van der Waals surface area contributed by atoms with Crippen molar-refractivity contribution in [1.29, 1.82) is 0 Å². The van der Waals surface area contributed by atoms with E-state index in [1.807, 2.05) is 6.07 Å². The maximum atomic E-state index is 13.2. The number of hydrogen-bond donors (Lipinski definition) is 2. The summed E-state index contributed by atoms with van der Waals surface area (Å²) >= 11 is 0. The Labute approximate surface area is 158 Å². The molecule has 0 saturated carbocycles. The second-order valence-electron chi connectivity index (χ2n) is 6.42. The number of ether oxygens (including phenoxy) is 1. The van der Waals surface area contributed by atoms with E-state index < -0.39 is 16.1 Å². The number of phenols is 1. The number of hydrogen-bond acceptors (Lipinski definition) is 5. The Morgan fingerprint density at radius 3 is 2.74 bits per heavy atom. The summed E-state index contributed by atoms with van der Waals surface area (Å²) in [6.45, 7) is 0.0734. The van der Waals surface area contributed by atoms with Crippen molar-refractivity contribution in [3.63, 3.8) is 0 Å². The van der Waals surface area contributed by atoms with Crippen LogP contribution in [0.25, 0.3) is 5.57 Å². The lowest BCUT2D eigenvalue weighted by Gasteiger charge is -2.16. The first-order valence-electron chi connectivity index (χ1n) is 8.75. The number of phenolic OH excluding ortho intramolecular Hbond substituents is 1. The van der Waals surface area contributed by atoms with Crippen molar-refractivity contribution in [2.75, 3.05) is 6.61 Å². The first kappa shape index (κ1) is 19.0. The van der Waals surface area contributed by atoms with E-state index in [1.54, 1.807) is 0 Å². The zero-order valence-electron chi connectivity index (χ0n) is 14.8. The predicted molar refractivity (Wildman–Crippen MR) is 101 cm³/mol. The van der Waals surface area contributed by atoms with E-state index in [9.17, 15) is 18.3 Å². The van der Waals surface area contributed by atoms with Gasteiger partial charge in [0.15, 0.2) is 0 Å². The number of carbonyl (C=O) groups excluding carboxylic acids is 1. The number of aromatic nitrogens is 1. The van der Waals surface area contributed by atoms with E-state index in [0.717, 1.165) is 36.8 Å². The van der Waals surface area contributed by atoms with Gasteiger partial charge in [0, 0.05) is 18.7 Å². The van der Waals surface area contributed by atoms with Gasteiger partial charge in [-0.3, -0.25) is 0 Å². The van der Waals surface area contributed by atoms with E-state index >= 15 is 0 Å². The molecule has 1 aliphatic rings. The van der Waals surface area contributed by atoms with Gasteiger partial charge in [0.2, 0.25) is 0 Å². The summed E-state index contributed by atoms with van der Waals surface area (Å²) in [7, 11) is -3.88. The molecule has 27 heavy (non-hydrogen) atoms. The van der Waals surface area contributed by atoms with Gasteiger partial charge in [-0.1, -0.05) is 12.1 Å². The minimum Gasteiger partial charge on any atom is -0.508 e. The van der Waals surface area contributed by atoms with Gasteiger partial charge in [0.25, 0.3) is 10.0 Å². The summed E-state index contributed by atoms with van der Waals surface area (Å²) in [4.78, 5) is 10.8. The van der Waals surface area contributed by atoms with Crippen molar-refractivity contribution in [2.45, 2.75) is 37.0 Å². The predicted octanol–water partition coefficient (Wildman–Crippen LogP) is 3.03. The van der Waals surface area contributed by atoms with Crippen LogP contribution in [0.4, 0.5) is 4.79 Å². The molecule has 1 aromatic carbocycles. The Hall–Kier alpha value is -2.74. The molecule has 144 valence electrons. The molecule has 0 fully saturated rings. The molecular formula is C19H22N2O5S. The van der Waals surface area contributed by atoms with Crippen molar-refractivity contribution in [3.05, 3.63) is 53.9 Å². The highest BCUT2D eigenvalue weighted by atomic mass is 32.2. The van der Waals surface area contributed by atoms with E-state index in [-0.39, 0.29) is 17.3 Å². The fraction of sp³-hybridized carbons (Fsp3) is 0.316. The largest absolute Gasteiger partial charge is 0.508 e. The number of primary amides is 1. The van der Waals surface area contributed by atoms with E-state index in [4.69, 9.17) is 10.5 Å². The maximum absolute atomic E-state index is 13.2. The van der Waals surface area contributed by atoms with Gasteiger partial charge in [-0.25, -0.2) is 17.2 Å². The second-order valence-corrected chi connectivity index (χ2v) is 8.24. The third-order valence-electron chi connectivity index (χ3n) is 4.47. The monoisotopic (exact) mass is 390 g/mol. The maximum Gasteiger partial charge on any atom is 0.404 e. The minimum absolute atomic E-state index is 0.00990. The van der Waals surface area contributed by atoms with Crippen molar-refractivity contribution < 1.29 is 23.1 Å². The average molecular weight is 390 g/mol. The van der Waals surface area contributed by atoms with Crippen LogP contribution < -0.4 is 5.73 Å². The third kappa shape index (κ3) is 4.33. The zero-order chi connectivity index (χ0) is 19.4. The highest BCUT2D eigenvalue weighted by Crippen LogP contribution is 2.31. The standard InChI is InChI=1S/C19H22N2O5S/c20-19(23)26-10-9-14-11-18(15-5-2-1-3-6-15)21(13-14)27(24,25)17-8-4-7-16(22)12-17/h4-5,7-8,11-13,22H,1-3,6,9-10H2,(H2,20,23). The molecule has 0 atom stereocenters.